The third-order valence-electron chi connectivity index (χ3n) is 3.39. The molecule has 5 heteroatoms. The van der Waals surface area contributed by atoms with Gasteiger partial charge in [-0.1, -0.05) is 36.8 Å². The maximum Gasteiger partial charge on any atom is 0.191 e. The second-order valence-corrected chi connectivity index (χ2v) is 5.54. The van der Waals surface area contributed by atoms with E-state index < -0.39 is 0 Å². The molecule has 1 atom stereocenters. The summed E-state index contributed by atoms with van der Waals surface area (Å²) in [6.45, 7) is 8.94. The van der Waals surface area contributed by atoms with Crippen LogP contribution in [0.1, 0.15) is 37.4 Å². The van der Waals surface area contributed by atoms with Gasteiger partial charge in [-0.25, -0.2) is 0 Å². The van der Waals surface area contributed by atoms with E-state index in [4.69, 9.17) is 4.99 Å². The number of nitrogens with zero attached hydrogens (tertiary/aromatic N) is 2. The molecule has 0 aliphatic rings. The molecular formula is C17H31IN4. The first kappa shape index (κ1) is 21.2. The van der Waals surface area contributed by atoms with E-state index in [-0.39, 0.29) is 24.0 Å². The highest BCUT2D eigenvalue weighted by atomic mass is 127. The van der Waals surface area contributed by atoms with Gasteiger partial charge >= 0.3 is 0 Å². The molecular weight excluding hydrogens is 387 g/mol. The lowest BCUT2D eigenvalue weighted by Crippen LogP contribution is -2.38. The van der Waals surface area contributed by atoms with Crippen LogP contribution in [0, 0.1) is 6.92 Å². The van der Waals surface area contributed by atoms with Gasteiger partial charge in [0, 0.05) is 13.1 Å². The molecule has 0 aliphatic carbocycles. The molecule has 0 spiro atoms. The number of aryl methyl sites for hydroxylation is 1. The van der Waals surface area contributed by atoms with E-state index in [1.165, 1.54) is 11.1 Å². The predicted octanol–water partition coefficient (Wildman–Crippen LogP) is 3.18. The van der Waals surface area contributed by atoms with E-state index in [9.17, 15) is 0 Å². The number of guanidine groups is 1. The lowest BCUT2D eigenvalue weighted by molar-refractivity contribution is 0.306. The number of halogens is 1. The van der Waals surface area contributed by atoms with Crippen LogP contribution < -0.4 is 10.6 Å². The van der Waals surface area contributed by atoms with Gasteiger partial charge in [0.15, 0.2) is 5.96 Å². The summed E-state index contributed by atoms with van der Waals surface area (Å²) in [6, 6.07) is 9.01. The predicted molar refractivity (Wildman–Crippen MR) is 107 cm³/mol. The van der Waals surface area contributed by atoms with E-state index in [2.05, 4.69) is 74.7 Å². The molecule has 1 unspecified atom stereocenters. The average molecular weight is 418 g/mol. The van der Waals surface area contributed by atoms with Crippen LogP contribution >= 0.6 is 24.0 Å². The van der Waals surface area contributed by atoms with Gasteiger partial charge in [0.25, 0.3) is 0 Å². The van der Waals surface area contributed by atoms with Gasteiger partial charge in [0.2, 0.25) is 0 Å². The maximum atomic E-state index is 4.72. The Bertz CT molecular complexity index is 429. The van der Waals surface area contributed by atoms with Crippen molar-refractivity contribution in [2.75, 3.05) is 33.7 Å². The van der Waals surface area contributed by atoms with Gasteiger partial charge in [0.05, 0.1) is 12.6 Å². The fourth-order valence-electron chi connectivity index (χ4n) is 2.12. The van der Waals surface area contributed by atoms with Gasteiger partial charge < -0.3 is 15.5 Å². The molecule has 0 bridgehead atoms. The zero-order valence-electron chi connectivity index (χ0n) is 14.5. The van der Waals surface area contributed by atoms with Crippen LogP contribution in [-0.2, 0) is 0 Å². The highest BCUT2D eigenvalue weighted by Crippen LogP contribution is 2.19. The Morgan fingerprint density at radius 2 is 1.77 bits per heavy atom. The Labute approximate surface area is 152 Å². The van der Waals surface area contributed by atoms with Crippen molar-refractivity contribution in [3.8, 4) is 0 Å². The van der Waals surface area contributed by atoms with Crippen molar-refractivity contribution in [2.24, 2.45) is 4.99 Å². The second kappa shape index (κ2) is 11.7. The molecule has 1 aromatic rings. The average Bonchev–Trinajstić information content (AvgIpc) is 2.46. The second-order valence-electron chi connectivity index (χ2n) is 5.54. The lowest BCUT2D eigenvalue weighted by Gasteiger charge is -2.24. The van der Waals surface area contributed by atoms with Crippen LogP contribution in [0.4, 0.5) is 0 Å². The first-order chi connectivity index (χ1) is 10.1. The van der Waals surface area contributed by atoms with Crippen LogP contribution in [0.2, 0.25) is 0 Å². The van der Waals surface area contributed by atoms with Crippen molar-refractivity contribution in [1.82, 2.24) is 15.5 Å². The molecule has 4 nitrogen and oxygen atoms in total. The van der Waals surface area contributed by atoms with Crippen molar-refractivity contribution >= 4 is 29.9 Å². The maximum absolute atomic E-state index is 4.72. The number of aliphatic imine (C=N–C) groups is 1. The summed E-state index contributed by atoms with van der Waals surface area (Å²) >= 11 is 0. The summed E-state index contributed by atoms with van der Waals surface area (Å²) in [4.78, 5) is 6.94. The zero-order chi connectivity index (χ0) is 15.7. The van der Waals surface area contributed by atoms with Gasteiger partial charge in [-0.2, -0.15) is 0 Å². The summed E-state index contributed by atoms with van der Waals surface area (Å²) in [6.07, 6.45) is 1.10. The van der Waals surface area contributed by atoms with Gasteiger partial charge in [-0.05, 0) is 39.9 Å². The Kier molecular flexibility index (Phi) is 11.3. The van der Waals surface area contributed by atoms with Gasteiger partial charge in [-0.3, -0.25) is 4.99 Å². The molecule has 0 heterocycles. The summed E-state index contributed by atoms with van der Waals surface area (Å²) in [5.74, 6) is 0.901. The Balaban J connectivity index is 0.00000441. The van der Waals surface area contributed by atoms with E-state index >= 15 is 0 Å². The van der Waals surface area contributed by atoms with Crippen molar-refractivity contribution in [3.05, 3.63) is 35.4 Å². The quantitative estimate of drug-likeness (QED) is 0.406. The van der Waals surface area contributed by atoms with Crippen molar-refractivity contribution < 1.29 is 0 Å². The number of likely N-dealkylation sites (N-methyl/N-ethyl adjacent to an activating group) is 1. The SMILES string of the molecule is CCCNC(=NCC(c1ccc(C)cc1)N(C)C)NCC.I. The van der Waals surface area contributed by atoms with Gasteiger partial charge in [0.1, 0.15) is 0 Å². The standard InChI is InChI=1S/C17H30N4.HI/c1-6-12-19-17(18-7-2)20-13-16(21(4)5)15-10-8-14(3)9-11-15;/h8-11,16H,6-7,12-13H2,1-5H3,(H2,18,19,20);1H. The van der Waals surface area contributed by atoms with Crippen molar-refractivity contribution in [1.29, 1.82) is 0 Å². The van der Waals surface area contributed by atoms with Crippen LogP contribution in [0.15, 0.2) is 29.3 Å². The minimum atomic E-state index is 0. The largest absolute Gasteiger partial charge is 0.357 e. The van der Waals surface area contributed by atoms with Crippen molar-refractivity contribution in [2.45, 2.75) is 33.2 Å². The lowest BCUT2D eigenvalue weighted by atomic mass is 10.0. The first-order valence-electron chi connectivity index (χ1n) is 7.83. The molecule has 1 rings (SSSR count). The zero-order valence-corrected chi connectivity index (χ0v) is 16.8. The van der Waals surface area contributed by atoms with Crippen LogP contribution in [0.3, 0.4) is 0 Å². The molecule has 0 saturated carbocycles. The molecule has 126 valence electrons. The van der Waals surface area contributed by atoms with Crippen LogP contribution in [0.25, 0.3) is 0 Å². The minimum Gasteiger partial charge on any atom is -0.357 e. The smallest absolute Gasteiger partial charge is 0.191 e. The molecule has 22 heavy (non-hydrogen) atoms. The highest BCUT2D eigenvalue weighted by Gasteiger charge is 2.13. The van der Waals surface area contributed by atoms with E-state index in [1.54, 1.807) is 0 Å². The third kappa shape index (κ3) is 7.45. The van der Waals surface area contributed by atoms with E-state index in [0.29, 0.717) is 6.04 Å². The molecule has 1 aromatic carbocycles. The fourth-order valence-corrected chi connectivity index (χ4v) is 2.12. The third-order valence-corrected chi connectivity index (χ3v) is 3.39. The van der Waals surface area contributed by atoms with Crippen LogP contribution in [-0.4, -0.2) is 44.6 Å². The number of hydrogen-bond donors (Lipinski definition) is 2. The molecule has 0 aliphatic heterocycles. The molecule has 2 N–H and O–H groups in total. The van der Waals surface area contributed by atoms with Crippen molar-refractivity contribution in [3.63, 3.8) is 0 Å². The molecule has 0 radical (unpaired) electrons. The summed E-state index contributed by atoms with van der Waals surface area (Å²) in [5.41, 5.74) is 2.60. The molecule has 0 aromatic heterocycles. The van der Waals surface area contributed by atoms with E-state index in [1.807, 2.05) is 0 Å². The fraction of sp³-hybridized carbons (Fsp3) is 0.588. The normalized spacial score (nSPS) is 12.7. The molecule has 0 amide bonds. The summed E-state index contributed by atoms with van der Waals surface area (Å²) in [7, 11) is 4.21. The highest BCUT2D eigenvalue weighted by molar-refractivity contribution is 14.0. The number of hydrogen-bond acceptors (Lipinski definition) is 2. The Morgan fingerprint density at radius 1 is 1.14 bits per heavy atom. The minimum absolute atomic E-state index is 0. The number of benzene rings is 1. The molecule has 0 saturated heterocycles. The van der Waals surface area contributed by atoms with E-state index in [0.717, 1.165) is 32.0 Å². The number of rotatable bonds is 7. The number of nitrogens with one attached hydrogen (secondary N) is 2. The summed E-state index contributed by atoms with van der Waals surface area (Å²) < 4.78 is 0. The molecule has 0 fully saturated rings. The Morgan fingerprint density at radius 3 is 2.27 bits per heavy atom. The first-order valence-corrected chi connectivity index (χ1v) is 7.83. The monoisotopic (exact) mass is 418 g/mol. The topological polar surface area (TPSA) is 39.7 Å². The van der Waals surface area contributed by atoms with Gasteiger partial charge in [-0.15, -0.1) is 24.0 Å². The summed E-state index contributed by atoms with van der Waals surface area (Å²) in [5, 5.41) is 6.64. The van der Waals surface area contributed by atoms with Crippen LogP contribution in [0.5, 0.6) is 0 Å². The Hall–Kier alpha value is -0.820.